The lowest BCUT2D eigenvalue weighted by atomic mass is 9.80. The zero-order valence-corrected chi connectivity index (χ0v) is 19.7. The maximum absolute atomic E-state index is 12.3. The van der Waals surface area contributed by atoms with Crippen LogP contribution >= 0.6 is 24.0 Å². The van der Waals surface area contributed by atoms with Gasteiger partial charge in [-0.3, -0.25) is 4.99 Å². The van der Waals surface area contributed by atoms with E-state index in [0.29, 0.717) is 44.6 Å². The molecule has 0 aromatic carbocycles. The molecule has 0 aromatic heterocycles. The van der Waals surface area contributed by atoms with Crippen molar-refractivity contribution in [2.75, 3.05) is 33.1 Å². The predicted octanol–water partition coefficient (Wildman–Crippen LogP) is 2.58. The van der Waals surface area contributed by atoms with E-state index < -0.39 is 14.6 Å². The molecular formula is C18H36IN3O3S. The van der Waals surface area contributed by atoms with Crippen LogP contribution in [0.3, 0.4) is 0 Å². The van der Waals surface area contributed by atoms with Crippen molar-refractivity contribution < 1.29 is 13.2 Å². The summed E-state index contributed by atoms with van der Waals surface area (Å²) in [5, 5.41) is 6.76. The molecule has 154 valence electrons. The highest BCUT2D eigenvalue weighted by Crippen LogP contribution is 2.30. The van der Waals surface area contributed by atoms with Crippen molar-refractivity contribution in [1.29, 1.82) is 0 Å². The first kappa shape index (κ1) is 23.9. The fraction of sp³-hybridized carbons (Fsp3) is 0.944. The molecule has 1 aliphatic heterocycles. The van der Waals surface area contributed by atoms with Crippen LogP contribution in [0.25, 0.3) is 0 Å². The van der Waals surface area contributed by atoms with Crippen molar-refractivity contribution in [2.24, 2.45) is 16.8 Å². The minimum absolute atomic E-state index is 0. The number of guanidine groups is 1. The summed E-state index contributed by atoms with van der Waals surface area (Å²) >= 11 is 0. The van der Waals surface area contributed by atoms with Gasteiger partial charge in [-0.25, -0.2) is 8.42 Å². The third-order valence-corrected chi connectivity index (χ3v) is 8.17. The molecule has 0 bridgehead atoms. The number of halogens is 1. The predicted molar refractivity (Wildman–Crippen MR) is 118 cm³/mol. The molecule has 0 atom stereocenters. The first-order valence-corrected chi connectivity index (χ1v) is 11.4. The number of aliphatic imine (C=N–C) groups is 1. The zero-order chi connectivity index (χ0) is 18.5. The molecule has 2 aliphatic rings. The van der Waals surface area contributed by atoms with Gasteiger partial charge >= 0.3 is 0 Å². The third kappa shape index (κ3) is 6.22. The summed E-state index contributed by atoms with van der Waals surface area (Å²) in [5.41, 5.74) is 0. The van der Waals surface area contributed by atoms with E-state index in [0.717, 1.165) is 24.7 Å². The van der Waals surface area contributed by atoms with Crippen molar-refractivity contribution in [2.45, 2.75) is 63.2 Å². The van der Waals surface area contributed by atoms with Gasteiger partial charge in [-0.2, -0.15) is 0 Å². The Morgan fingerprint density at radius 1 is 1.19 bits per heavy atom. The molecular weight excluding hydrogens is 465 g/mol. The Morgan fingerprint density at radius 3 is 2.23 bits per heavy atom. The fourth-order valence-electron chi connectivity index (χ4n) is 3.99. The topological polar surface area (TPSA) is 79.8 Å². The number of nitrogens with one attached hydrogen (secondary N) is 2. The molecule has 2 rings (SSSR count). The van der Waals surface area contributed by atoms with E-state index in [1.54, 1.807) is 7.05 Å². The second-order valence-corrected chi connectivity index (χ2v) is 10.4. The molecule has 6 nitrogen and oxygen atoms in total. The summed E-state index contributed by atoms with van der Waals surface area (Å²) in [6.07, 6.45) is 7.20. The summed E-state index contributed by atoms with van der Waals surface area (Å²) in [4.78, 5) is 4.30. The van der Waals surface area contributed by atoms with Crippen molar-refractivity contribution in [3.8, 4) is 0 Å². The summed E-state index contributed by atoms with van der Waals surface area (Å²) in [6, 6.07) is 0.421. The van der Waals surface area contributed by atoms with Crippen LogP contribution < -0.4 is 10.6 Å². The number of hydrogen-bond acceptors (Lipinski definition) is 4. The van der Waals surface area contributed by atoms with Gasteiger partial charge < -0.3 is 15.4 Å². The van der Waals surface area contributed by atoms with E-state index in [-0.39, 0.29) is 24.0 Å². The maximum Gasteiger partial charge on any atom is 0.191 e. The number of nitrogens with zero attached hydrogens (tertiary/aromatic N) is 1. The Kier molecular flexibility index (Phi) is 9.63. The van der Waals surface area contributed by atoms with Crippen molar-refractivity contribution >= 4 is 39.8 Å². The lowest BCUT2D eigenvalue weighted by Gasteiger charge is -2.36. The molecule has 2 N–H and O–H groups in total. The third-order valence-electron chi connectivity index (χ3n) is 6.05. The van der Waals surface area contributed by atoms with Gasteiger partial charge in [0.2, 0.25) is 0 Å². The molecule has 1 saturated heterocycles. The van der Waals surface area contributed by atoms with Crippen LogP contribution in [0.5, 0.6) is 0 Å². The van der Waals surface area contributed by atoms with Crippen LogP contribution in [0, 0.1) is 11.8 Å². The number of hydrogen-bond donors (Lipinski definition) is 2. The first-order valence-electron chi connectivity index (χ1n) is 9.52. The Labute approximate surface area is 176 Å². The summed E-state index contributed by atoms with van der Waals surface area (Å²) in [7, 11) is -1.42. The molecule has 0 unspecified atom stereocenters. The molecule has 1 aliphatic carbocycles. The van der Waals surface area contributed by atoms with Crippen LogP contribution in [0.15, 0.2) is 4.99 Å². The van der Waals surface area contributed by atoms with Gasteiger partial charge in [0, 0.05) is 39.1 Å². The second kappa shape index (κ2) is 10.5. The maximum atomic E-state index is 12.3. The average molecular weight is 501 g/mol. The van der Waals surface area contributed by atoms with Crippen LogP contribution in [-0.4, -0.2) is 58.2 Å². The van der Waals surface area contributed by atoms with Crippen LogP contribution in [0.4, 0.5) is 0 Å². The highest BCUT2D eigenvalue weighted by molar-refractivity contribution is 14.0. The standard InChI is InChI=1S/C18H35N3O3S.HI/c1-14(2)15-5-7-16(8-6-15)21-17(19-3)20-13-18(25(4,22)23)9-11-24-12-10-18;/h14-16H,5-13H2,1-4H3,(H2,19,20,21);1H. The minimum Gasteiger partial charge on any atom is -0.381 e. The summed E-state index contributed by atoms with van der Waals surface area (Å²) in [5.74, 6) is 2.29. The molecule has 0 amide bonds. The smallest absolute Gasteiger partial charge is 0.191 e. The van der Waals surface area contributed by atoms with Crippen LogP contribution in [0.2, 0.25) is 0 Å². The highest BCUT2D eigenvalue weighted by Gasteiger charge is 2.42. The number of rotatable bonds is 5. The molecule has 1 saturated carbocycles. The van der Waals surface area contributed by atoms with Crippen molar-refractivity contribution in [1.82, 2.24) is 10.6 Å². The quantitative estimate of drug-likeness (QED) is 0.344. The van der Waals surface area contributed by atoms with Crippen molar-refractivity contribution in [3.05, 3.63) is 0 Å². The van der Waals surface area contributed by atoms with E-state index >= 15 is 0 Å². The molecule has 0 aromatic rings. The lowest BCUT2D eigenvalue weighted by Crippen LogP contribution is -2.55. The molecule has 0 spiro atoms. The van der Waals surface area contributed by atoms with Gasteiger partial charge in [0.15, 0.2) is 15.8 Å². The summed E-state index contributed by atoms with van der Waals surface area (Å²) in [6.45, 7) is 5.99. The number of ether oxygens (including phenoxy) is 1. The van der Waals surface area contributed by atoms with Crippen LogP contribution in [-0.2, 0) is 14.6 Å². The fourth-order valence-corrected chi connectivity index (χ4v) is 5.23. The average Bonchev–Trinajstić information content (AvgIpc) is 2.59. The van der Waals surface area contributed by atoms with Gasteiger partial charge in [-0.1, -0.05) is 13.8 Å². The van der Waals surface area contributed by atoms with E-state index in [2.05, 4.69) is 29.5 Å². The first-order chi connectivity index (χ1) is 11.8. The van der Waals surface area contributed by atoms with E-state index in [1.165, 1.54) is 19.1 Å². The van der Waals surface area contributed by atoms with Gasteiger partial charge in [0.05, 0.1) is 4.75 Å². The SMILES string of the molecule is CN=C(NCC1(S(C)(=O)=O)CCOCC1)NC1CCC(C(C)C)CC1.I. The lowest BCUT2D eigenvalue weighted by molar-refractivity contribution is 0.0756. The van der Waals surface area contributed by atoms with Gasteiger partial charge in [-0.05, 0) is 50.4 Å². The largest absolute Gasteiger partial charge is 0.381 e. The van der Waals surface area contributed by atoms with E-state index in [1.807, 2.05) is 0 Å². The zero-order valence-electron chi connectivity index (χ0n) is 16.6. The molecule has 26 heavy (non-hydrogen) atoms. The second-order valence-electron chi connectivity index (χ2n) is 7.99. The molecule has 1 heterocycles. The van der Waals surface area contributed by atoms with E-state index in [9.17, 15) is 8.42 Å². The Balaban J connectivity index is 0.00000338. The van der Waals surface area contributed by atoms with Gasteiger partial charge in [0.25, 0.3) is 0 Å². The minimum atomic E-state index is -3.17. The molecule has 0 radical (unpaired) electrons. The van der Waals surface area contributed by atoms with Crippen LogP contribution in [0.1, 0.15) is 52.4 Å². The normalized spacial score (nSPS) is 26.9. The number of sulfone groups is 1. The Bertz CT molecular complexity index is 552. The monoisotopic (exact) mass is 501 g/mol. The highest BCUT2D eigenvalue weighted by atomic mass is 127. The Morgan fingerprint density at radius 2 is 1.77 bits per heavy atom. The summed E-state index contributed by atoms with van der Waals surface area (Å²) < 4.78 is 29.3. The van der Waals surface area contributed by atoms with E-state index in [4.69, 9.17) is 4.74 Å². The van der Waals surface area contributed by atoms with Crippen molar-refractivity contribution in [3.63, 3.8) is 0 Å². The molecule has 8 heteroatoms. The molecule has 2 fully saturated rings. The van der Waals surface area contributed by atoms with Gasteiger partial charge in [-0.15, -0.1) is 24.0 Å². The van der Waals surface area contributed by atoms with Gasteiger partial charge in [0.1, 0.15) is 0 Å². The Hall–Kier alpha value is -0.0900.